The third-order valence-electron chi connectivity index (χ3n) is 3.64. The molecule has 0 radical (unpaired) electrons. The molecular weight excluding hydrogens is 349 g/mol. The summed E-state index contributed by atoms with van der Waals surface area (Å²) in [7, 11) is 0. The van der Waals surface area contributed by atoms with Gasteiger partial charge in [-0.15, -0.1) is 0 Å². The van der Waals surface area contributed by atoms with Gasteiger partial charge in [-0.25, -0.2) is 9.78 Å². The van der Waals surface area contributed by atoms with Crippen LogP contribution in [0, 0.1) is 6.92 Å². The van der Waals surface area contributed by atoms with E-state index in [4.69, 9.17) is 4.74 Å². The summed E-state index contributed by atoms with van der Waals surface area (Å²) in [6.07, 6.45) is -2.92. The predicted octanol–water partition coefficient (Wildman–Crippen LogP) is 3.38. The molecular formula is C18H13F3N2O3. The summed E-state index contributed by atoms with van der Waals surface area (Å²) in [5.74, 6) is -0.929. The SMILES string of the molecule is Cc1ccc2nc(COC(=O)c3cccc(C(F)(F)F)c3)cc(=O)n2c1. The van der Waals surface area contributed by atoms with Crippen LogP contribution in [0.15, 0.2) is 53.5 Å². The number of aromatic nitrogens is 2. The van der Waals surface area contributed by atoms with Crippen LogP contribution in [0.2, 0.25) is 0 Å². The van der Waals surface area contributed by atoms with Crippen molar-refractivity contribution in [1.29, 1.82) is 0 Å². The standard InChI is InChI=1S/C18H13F3N2O3/c1-11-5-6-15-22-14(8-16(24)23(15)9-11)10-26-17(25)12-3-2-4-13(7-12)18(19,20)21/h2-9H,10H2,1H3. The number of benzene rings is 1. The number of halogens is 3. The molecule has 26 heavy (non-hydrogen) atoms. The van der Waals surface area contributed by atoms with Crippen molar-refractivity contribution in [3.05, 3.63) is 81.4 Å². The largest absolute Gasteiger partial charge is 0.456 e. The first-order valence-electron chi connectivity index (χ1n) is 7.57. The first-order valence-corrected chi connectivity index (χ1v) is 7.57. The smallest absolute Gasteiger partial charge is 0.416 e. The number of rotatable bonds is 3. The molecule has 0 bridgehead atoms. The Balaban J connectivity index is 1.79. The van der Waals surface area contributed by atoms with Crippen molar-refractivity contribution >= 4 is 11.6 Å². The van der Waals surface area contributed by atoms with E-state index in [1.165, 1.54) is 16.5 Å². The highest BCUT2D eigenvalue weighted by Gasteiger charge is 2.31. The average Bonchev–Trinajstić information content (AvgIpc) is 2.59. The summed E-state index contributed by atoms with van der Waals surface area (Å²) in [6.45, 7) is 1.51. The van der Waals surface area contributed by atoms with E-state index in [-0.39, 0.29) is 23.4 Å². The van der Waals surface area contributed by atoms with Crippen molar-refractivity contribution in [2.24, 2.45) is 0 Å². The Morgan fingerprint density at radius 1 is 1.19 bits per heavy atom. The van der Waals surface area contributed by atoms with E-state index >= 15 is 0 Å². The molecule has 0 fully saturated rings. The molecule has 0 unspecified atom stereocenters. The van der Waals surface area contributed by atoms with E-state index in [1.54, 1.807) is 18.3 Å². The lowest BCUT2D eigenvalue weighted by atomic mass is 10.1. The van der Waals surface area contributed by atoms with Gasteiger partial charge in [0.25, 0.3) is 5.56 Å². The van der Waals surface area contributed by atoms with Gasteiger partial charge in [0.1, 0.15) is 12.3 Å². The number of carbonyl (C=O) groups excluding carboxylic acids is 1. The Labute approximate surface area is 145 Å². The highest BCUT2D eigenvalue weighted by Crippen LogP contribution is 2.29. The second-order valence-corrected chi connectivity index (χ2v) is 5.68. The van der Waals surface area contributed by atoms with E-state index < -0.39 is 17.7 Å². The van der Waals surface area contributed by atoms with E-state index in [9.17, 15) is 22.8 Å². The van der Waals surface area contributed by atoms with Crippen molar-refractivity contribution in [1.82, 2.24) is 9.38 Å². The number of esters is 1. The first kappa shape index (κ1) is 17.7. The molecule has 3 aromatic rings. The molecule has 2 aromatic heterocycles. The van der Waals surface area contributed by atoms with Crippen molar-refractivity contribution in [3.63, 3.8) is 0 Å². The highest BCUT2D eigenvalue weighted by molar-refractivity contribution is 5.89. The Bertz CT molecular complexity index is 1040. The fourth-order valence-corrected chi connectivity index (χ4v) is 2.38. The molecule has 5 nitrogen and oxygen atoms in total. The van der Waals surface area contributed by atoms with Crippen LogP contribution in [-0.4, -0.2) is 15.4 Å². The minimum atomic E-state index is -4.55. The Hall–Kier alpha value is -3.16. The number of nitrogens with zero attached hydrogens (tertiary/aromatic N) is 2. The number of fused-ring (bicyclic) bond motifs is 1. The zero-order valence-corrected chi connectivity index (χ0v) is 13.6. The normalized spacial score (nSPS) is 11.5. The molecule has 2 heterocycles. The molecule has 3 rings (SSSR count). The monoisotopic (exact) mass is 362 g/mol. The van der Waals surface area contributed by atoms with Gasteiger partial charge < -0.3 is 4.74 Å². The predicted molar refractivity (Wildman–Crippen MR) is 86.8 cm³/mol. The van der Waals surface area contributed by atoms with Gasteiger partial charge in [0, 0.05) is 12.3 Å². The van der Waals surface area contributed by atoms with E-state index in [0.29, 0.717) is 11.7 Å². The quantitative estimate of drug-likeness (QED) is 0.670. The molecule has 8 heteroatoms. The number of pyridine rings is 1. The fraction of sp³-hybridized carbons (Fsp3) is 0.167. The van der Waals surface area contributed by atoms with Gasteiger partial charge in [0.2, 0.25) is 0 Å². The highest BCUT2D eigenvalue weighted by atomic mass is 19.4. The average molecular weight is 362 g/mol. The molecule has 0 N–H and O–H groups in total. The van der Waals surface area contributed by atoms with Gasteiger partial charge in [0.15, 0.2) is 0 Å². The van der Waals surface area contributed by atoms with Crippen LogP contribution in [0.1, 0.15) is 27.2 Å². The molecule has 1 aromatic carbocycles. The zero-order chi connectivity index (χ0) is 18.9. The van der Waals surface area contributed by atoms with Crippen molar-refractivity contribution < 1.29 is 22.7 Å². The van der Waals surface area contributed by atoms with Crippen LogP contribution < -0.4 is 5.56 Å². The lowest BCUT2D eigenvalue weighted by Gasteiger charge is -2.09. The lowest BCUT2D eigenvalue weighted by molar-refractivity contribution is -0.137. The van der Waals surface area contributed by atoms with Gasteiger partial charge in [0.05, 0.1) is 16.8 Å². The van der Waals surface area contributed by atoms with Crippen molar-refractivity contribution in [2.75, 3.05) is 0 Å². The third-order valence-corrected chi connectivity index (χ3v) is 3.64. The van der Waals surface area contributed by atoms with Crippen LogP contribution in [0.4, 0.5) is 13.2 Å². The van der Waals surface area contributed by atoms with Crippen molar-refractivity contribution in [3.8, 4) is 0 Å². The first-order chi connectivity index (χ1) is 12.2. The van der Waals surface area contributed by atoms with Crippen LogP contribution in [0.25, 0.3) is 5.65 Å². The Morgan fingerprint density at radius 3 is 2.69 bits per heavy atom. The second-order valence-electron chi connectivity index (χ2n) is 5.68. The minimum absolute atomic E-state index is 0.208. The summed E-state index contributed by atoms with van der Waals surface area (Å²) in [6, 6.07) is 8.57. The molecule has 0 aliphatic heterocycles. The van der Waals surface area contributed by atoms with Gasteiger partial charge in [-0.1, -0.05) is 12.1 Å². The number of hydrogen-bond donors (Lipinski definition) is 0. The lowest BCUT2D eigenvalue weighted by Crippen LogP contribution is -2.17. The number of ether oxygens (including phenoxy) is 1. The molecule has 0 aliphatic rings. The molecule has 0 amide bonds. The topological polar surface area (TPSA) is 60.7 Å². The van der Waals surface area contributed by atoms with E-state index in [1.807, 2.05) is 6.92 Å². The molecule has 0 atom stereocenters. The summed E-state index contributed by atoms with van der Waals surface area (Å²) in [4.78, 5) is 28.3. The molecule has 0 saturated heterocycles. The van der Waals surface area contributed by atoms with Gasteiger partial charge in [-0.2, -0.15) is 13.2 Å². The van der Waals surface area contributed by atoms with Gasteiger partial charge in [-0.3, -0.25) is 9.20 Å². The number of aryl methyl sites for hydroxylation is 1. The molecule has 0 aliphatic carbocycles. The van der Waals surface area contributed by atoms with Crippen LogP contribution in [0.3, 0.4) is 0 Å². The number of alkyl halides is 3. The number of carbonyl (C=O) groups is 1. The van der Waals surface area contributed by atoms with Crippen LogP contribution in [0.5, 0.6) is 0 Å². The van der Waals surface area contributed by atoms with Crippen LogP contribution in [-0.2, 0) is 17.5 Å². The summed E-state index contributed by atoms with van der Waals surface area (Å²) in [5.41, 5.74) is -0.0429. The summed E-state index contributed by atoms with van der Waals surface area (Å²) < 4.78 is 44.5. The number of hydrogen-bond acceptors (Lipinski definition) is 4. The fourth-order valence-electron chi connectivity index (χ4n) is 2.38. The third kappa shape index (κ3) is 3.74. The minimum Gasteiger partial charge on any atom is -0.456 e. The molecule has 0 saturated carbocycles. The van der Waals surface area contributed by atoms with E-state index in [2.05, 4.69) is 4.98 Å². The summed E-state index contributed by atoms with van der Waals surface area (Å²) in [5, 5.41) is 0. The maximum Gasteiger partial charge on any atom is 0.416 e. The Kier molecular flexibility index (Phi) is 4.50. The maximum absolute atomic E-state index is 12.7. The van der Waals surface area contributed by atoms with Crippen molar-refractivity contribution in [2.45, 2.75) is 19.7 Å². The van der Waals surface area contributed by atoms with Gasteiger partial charge in [-0.05, 0) is 36.8 Å². The second kappa shape index (κ2) is 6.62. The zero-order valence-electron chi connectivity index (χ0n) is 13.6. The molecule has 0 spiro atoms. The van der Waals surface area contributed by atoms with Gasteiger partial charge >= 0.3 is 12.1 Å². The summed E-state index contributed by atoms with van der Waals surface area (Å²) >= 11 is 0. The van der Waals surface area contributed by atoms with Crippen LogP contribution >= 0.6 is 0 Å². The van der Waals surface area contributed by atoms with E-state index in [0.717, 1.165) is 17.7 Å². The molecule has 134 valence electrons. The maximum atomic E-state index is 12.7. The Morgan fingerprint density at radius 2 is 1.96 bits per heavy atom.